The predicted molar refractivity (Wildman–Crippen MR) is 100 cm³/mol. The number of nitrogens with one attached hydrogen (secondary N) is 1. The fourth-order valence-corrected chi connectivity index (χ4v) is 3.94. The van der Waals surface area contributed by atoms with Crippen LogP contribution >= 0.6 is 23.1 Å². The van der Waals surface area contributed by atoms with E-state index >= 15 is 0 Å². The zero-order chi connectivity index (χ0) is 19.2. The highest BCUT2D eigenvalue weighted by Gasteiger charge is 2.18. The maximum Gasteiger partial charge on any atom is 0.359 e. The van der Waals surface area contributed by atoms with Gasteiger partial charge in [-0.15, -0.1) is 0 Å². The number of thiazole rings is 1. The Hall–Kier alpha value is -2.56. The van der Waals surface area contributed by atoms with Crippen molar-refractivity contribution in [3.8, 4) is 0 Å². The summed E-state index contributed by atoms with van der Waals surface area (Å²) in [6.45, 7) is 0.496. The number of methoxy groups -OCH3 is 2. The minimum atomic E-state index is -0.815. The lowest BCUT2D eigenvalue weighted by Gasteiger charge is -2.04. The van der Waals surface area contributed by atoms with Gasteiger partial charge in [0.15, 0.2) is 16.6 Å². The highest BCUT2D eigenvalue weighted by molar-refractivity contribution is 8.01. The molecule has 0 aliphatic carbocycles. The third kappa shape index (κ3) is 4.79. The molecule has 0 aliphatic heterocycles. The van der Waals surface area contributed by atoms with Crippen LogP contribution in [0.4, 0.5) is 15.3 Å². The van der Waals surface area contributed by atoms with Crippen LogP contribution in [0.2, 0.25) is 0 Å². The van der Waals surface area contributed by atoms with Crippen molar-refractivity contribution in [2.45, 2.75) is 15.7 Å². The van der Waals surface area contributed by atoms with E-state index in [9.17, 15) is 9.18 Å². The van der Waals surface area contributed by atoms with Crippen LogP contribution in [0.15, 0.2) is 45.9 Å². The summed E-state index contributed by atoms with van der Waals surface area (Å²) in [5.74, 6) is -0.888. The molecule has 0 saturated heterocycles. The molecule has 0 aliphatic rings. The maximum absolute atomic E-state index is 14.4. The quantitative estimate of drug-likeness (QED) is 0.591. The minimum Gasteiger partial charge on any atom is -0.464 e. The average molecular weight is 406 g/mol. The van der Waals surface area contributed by atoms with E-state index in [1.165, 1.54) is 30.7 Å². The maximum atomic E-state index is 14.4. The third-order valence-electron chi connectivity index (χ3n) is 3.30. The second-order valence-electron chi connectivity index (χ2n) is 5.16. The Kier molecular flexibility index (Phi) is 6.32. The summed E-state index contributed by atoms with van der Waals surface area (Å²) < 4.78 is 24.7. The highest BCUT2D eigenvalue weighted by Crippen LogP contribution is 2.36. The fourth-order valence-electron chi connectivity index (χ4n) is 2.08. The zero-order valence-electron chi connectivity index (χ0n) is 14.4. The van der Waals surface area contributed by atoms with Crippen molar-refractivity contribution in [2.75, 3.05) is 19.5 Å². The number of ether oxygens (including phenoxy) is 2. The Balaban J connectivity index is 1.70. The Morgan fingerprint density at radius 1 is 1.22 bits per heavy atom. The monoisotopic (exact) mass is 406 g/mol. The number of rotatable bonds is 7. The topological polar surface area (TPSA) is 86.2 Å². The van der Waals surface area contributed by atoms with Crippen molar-refractivity contribution in [3.63, 3.8) is 0 Å². The molecule has 3 aromatic heterocycles. The molecule has 0 radical (unpaired) electrons. The summed E-state index contributed by atoms with van der Waals surface area (Å²) in [6, 6.07) is 5.23. The number of nitrogens with zero attached hydrogens (tertiary/aromatic N) is 3. The van der Waals surface area contributed by atoms with E-state index in [1.54, 1.807) is 19.5 Å². The Bertz CT molecular complexity index is 934. The van der Waals surface area contributed by atoms with Gasteiger partial charge in [-0.3, -0.25) is 0 Å². The van der Waals surface area contributed by atoms with Gasteiger partial charge >= 0.3 is 5.97 Å². The average Bonchev–Trinajstić information content (AvgIpc) is 3.11. The molecule has 27 heavy (non-hydrogen) atoms. The van der Waals surface area contributed by atoms with Gasteiger partial charge in [-0.25, -0.2) is 24.1 Å². The van der Waals surface area contributed by atoms with Crippen LogP contribution in [0.25, 0.3) is 0 Å². The summed E-state index contributed by atoms with van der Waals surface area (Å²) in [4.78, 5) is 24.1. The lowest BCUT2D eigenvalue weighted by Crippen LogP contribution is -2.07. The zero-order valence-corrected chi connectivity index (χ0v) is 16.1. The molecular weight excluding hydrogens is 391 g/mol. The minimum absolute atomic E-state index is 0.266. The second-order valence-corrected chi connectivity index (χ2v) is 7.53. The number of pyridine rings is 2. The first-order chi connectivity index (χ1) is 13.1. The van der Waals surface area contributed by atoms with Gasteiger partial charge in [-0.05, 0) is 17.7 Å². The summed E-state index contributed by atoms with van der Waals surface area (Å²) in [7, 11) is 2.81. The van der Waals surface area contributed by atoms with Crippen LogP contribution in [0, 0.1) is 5.82 Å². The first-order valence-electron chi connectivity index (χ1n) is 7.68. The lowest BCUT2D eigenvalue weighted by atomic mass is 10.3. The van der Waals surface area contributed by atoms with Gasteiger partial charge in [-0.2, -0.15) is 0 Å². The summed E-state index contributed by atoms with van der Waals surface area (Å²) in [5.41, 5.74) is 0.624. The molecule has 0 bridgehead atoms. The fraction of sp³-hybridized carbons (Fsp3) is 0.176. The highest BCUT2D eigenvalue weighted by atomic mass is 32.2. The smallest absolute Gasteiger partial charge is 0.359 e. The van der Waals surface area contributed by atoms with E-state index in [1.807, 2.05) is 12.1 Å². The Morgan fingerprint density at radius 2 is 2.07 bits per heavy atom. The predicted octanol–water partition coefficient (Wildman–Crippen LogP) is 3.90. The molecule has 3 aromatic rings. The van der Waals surface area contributed by atoms with Crippen LogP contribution in [-0.2, 0) is 16.1 Å². The number of anilines is 2. The Labute approximate surface area is 163 Å². The molecule has 3 rings (SSSR count). The summed E-state index contributed by atoms with van der Waals surface area (Å²) in [5, 5.41) is 3.71. The molecule has 10 heteroatoms. The molecular formula is C17H15FN4O3S2. The van der Waals surface area contributed by atoms with Crippen molar-refractivity contribution >= 4 is 40.0 Å². The van der Waals surface area contributed by atoms with Gasteiger partial charge in [-0.1, -0.05) is 29.2 Å². The van der Waals surface area contributed by atoms with Crippen molar-refractivity contribution in [2.24, 2.45) is 0 Å². The van der Waals surface area contributed by atoms with E-state index in [-0.39, 0.29) is 10.6 Å². The van der Waals surface area contributed by atoms with Gasteiger partial charge in [0, 0.05) is 19.5 Å². The SMILES string of the molecule is COCc1ccc(Nc2ncc(Sc3ccnc(C(=O)OC)c3F)s2)nc1. The molecule has 0 aromatic carbocycles. The second kappa shape index (κ2) is 8.89. The van der Waals surface area contributed by atoms with Gasteiger partial charge in [0.25, 0.3) is 0 Å². The largest absolute Gasteiger partial charge is 0.464 e. The van der Waals surface area contributed by atoms with E-state index in [2.05, 4.69) is 25.0 Å². The van der Waals surface area contributed by atoms with Crippen LogP contribution in [0.3, 0.4) is 0 Å². The number of halogens is 1. The molecule has 0 spiro atoms. The van der Waals surface area contributed by atoms with E-state index in [0.29, 0.717) is 17.6 Å². The molecule has 140 valence electrons. The van der Waals surface area contributed by atoms with Gasteiger partial charge in [0.1, 0.15) is 5.82 Å². The van der Waals surface area contributed by atoms with Crippen LogP contribution in [-0.4, -0.2) is 35.1 Å². The summed E-state index contributed by atoms with van der Waals surface area (Å²) >= 11 is 2.49. The molecule has 3 heterocycles. The standard InChI is InChI=1S/C17H15FN4O3S2/c1-24-9-10-3-4-12(20-7-10)22-17-21-8-13(27-17)26-11-5-6-19-15(14(11)18)16(23)25-2/h3-8H,9H2,1-2H3,(H,20,21,22). The first-order valence-corrected chi connectivity index (χ1v) is 9.31. The van der Waals surface area contributed by atoms with E-state index in [4.69, 9.17) is 4.74 Å². The number of carbonyl (C=O) groups is 1. The first kappa shape index (κ1) is 19.2. The van der Waals surface area contributed by atoms with Crippen LogP contribution in [0.1, 0.15) is 16.1 Å². The number of esters is 1. The molecule has 0 fully saturated rings. The van der Waals surface area contributed by atoms with E-state index < -0.39 is 11.8 Å². The van der Waals surface area contributed by atoms with Crippen molar-refractivity contribution in [3.05, 3.63) is 53.9 Å². The number of hydrogen-bond acceptors (Lipinski definition) is 9. The number of hydrogen-bond donors (Lipinski definition) is 1. The molecule has 0 amide bonds. The molecule has 1 N–H and O–H groups in total. The number of aromatic nitrogens is 3. The Morgan fingerprint density at radius 3 is 2.78 bits per heavy atom. The molecule has 7 nitrogen and oxygen atoms in total. The molecule has 0 unspecified atom stereocenters. The third-order valence-corrected chi connectivity index (χ3v) is 5.35. The van der Waals surface area contributed by atoms with Gasteiger partial charge in [0.2, 0.25) is 0 Å². The van der Waals surface area contributed by atoms with Gasteiger partial charge in [0.05, 0.1) is 29.0 Å². The van der Waals surface area contributed by atoms with Crippen molar-refractivity contribution < 1.29 is 18.7 Å². The lowest BCUT2D eigenvalue weighted by molar-refractivity contribution is 0.0587. The molecule has 0 saturated carbocycles. The normalized spacial score (nSPS) is 10.6. The number of carbonyl (C=O) groups excluding carboxylic acids is 1. The van der Waals surface area contributed by atoms with Crippen molar-refractivity contribution in [1.29, 1.82) is 0 Å². The van der Waals surface area contributed by atoms with Crippen LogP contribution in [0.5, 0.6) is 0 Å². The van der Waals surface area contributed by atoms with E-state index in [0.717, 1.165) is 21.5 Å². The van der Waals surface area contributed by atoms with Crippen LogP contribution < -0.4 is 5.32 Å². The molecule has 0 atom stereocenters. The summed E-state index contributed by atoms with van der Waals surface area (Å²) in [6.07, 6.45) is 4.70. The van der Waals surface area contributed by atoms with Gasteiger partial charge < -0.3 is 14.8 Å². The van der Waals surface area contributed by atoms with Crippen molar-refractivity contribution in [1.82, 2.24) is 15.0 Å².